The Bertz CT molecular complexity index is 435. The molecule has 6 nitrogen and oxygen atoms in total. The molecule has 0 saturated heterocycles. The molecule has 0 aliphatic carbocycles. The number of carbonyl (C=O) groups is 2. The van der Waals surface area contributed by atoms with Crippen LogP contribution in [-0.4, -0.2) is 25.7 Å². The van der Waals surface area contributed by atoms with E-state index in [1.165, 1.54) is 6.92 Å². The number of methoxy groups -OCH3 is 1. The molecular weight excluding hydrogens is 248 g/mol. The van der Waals surface area contributed by atoms with Gasteiger partial charge in [0.15, 0.2) is 10.8 Å². The number of hydrogen-bond acceptors (Lipinski definition) is 6. The molecule has 0 bridgehead atoms. The van der Waals surface area contributed by atoms with E-state index in [0.717, 1.165) is 7.11 Å². The first-order valence-corrected chi connectivity index (χ1v) is 5.94. The van der Waals surface area contributed by atoms with Gasteiger partial charge in [-0.15, -0.1) is 0 Å². The van der Waals surface area contributed by atoms with Gasteiger partial charge in [-0.1, -0.05) is 6.92 Å². The van der Waals surface area contributed by atoms with Crippen molar-refractivity contribution >= 4 is 11.9 Å². The van der Waals surface area contributed by atoms with E-state index in [-0.39, 0.29) is 19.4 Å². The molecular formula is C13H18N2O4. The quantitative estimate of drug-likeness (QED) is 0.676. The minimum atomic E-state index is -1.56. The van der Waals surface area contributed by atoms with Gasteiger partial charge in [-0.05, 0) is 20.3 Å². The number of ether oxygens (including phenoxy) is 2. The molecule has 0 spiro atoms. The summed E-state index contributed by atoms with van der Waals surface area (Å²) in [4.78, 5) is 23.6. The topological polar surface area (TPSA) is 100 Å². The van der Waals surface area contributed by atoms with E-state index in [2.05, 4.69) is 4.74 Å². The Morgan fingerprint density at radius 3 is 2.05 bits per heavy atom. The van der Waals surface area contributed by atoms with E-state index in [9.17, 15) is 20.1 Å². The monoisotopic (exact) mass is 266 g/mol. The standard InChI is InChI=1S/C13H18N2O4/c1-5-13(9-15,11(17)18-4)7-12(3,8-14)10(16)19-6-2/h5-7H2,1-4H3. The third-order valence-corrected chi connectivity index (χ3v) is 3.02. The first-order valence-electron chi connectivity index (χ1n) is 5.94. The number of hydrogen-bond donors (Lipinski definition) is 0. The van der Waals surface area contributed by atoms with Crippen LogP contribution in [0.5, 0.6) is 0 Å². The summed E-state index contributed by atoms with van der Waals surface area (Å²) in [5.74, 6) is -1.49. The summed E-state index contributed by atoms with van der Waals surface area (Å²) in [7, 11) is 1.16. The summed E-state index contributed by atoms with van der Waals surface area (Å²) in [6.07, 6.45) is -0.109. The van der Waals surface area contributed by atoms with Crippen molar-refractivity contribution < 1.29 is 19.1 Å². The molecule has 2 atom stereocenters. The lowest BCUT2D eigenvalue weighted by atomic mass is 9.71. The molecule has 0 fully saturated rings. The van der Waals surface area contributed by atoms with Crippen LogP contribution in [0.25, 0.3) is 0 Å². The molecule has 0 aliphatic heterocycles. The fourth-order valence-electron chi connectivity index (χ4n) is 1.75. The average Bonchev–Trinajstić information content (AvgIpc) is 2.44. The molecule has 0 aliphatic rings. The first-order chi connectivity index (χ1) is 8.85. The molecule has 0 saturated carbocycles. The number of nitrogens with zero attached hydrogens (tertiary/aromatic N) is 2. The lowest BCUT2D eigenvalue weighted by Crippen LogP contribution is -2.40. The molecule has 104 valence electrons. The zero-order valence-electron chi connectivity index (χ0n) is 11.6. The van der Waals surface area contributed by atoms with Crippen LogP contribution in [0.15, 0.2) is 0 Å². The van der Waals surface area contributed by atoms with Gasteiger partial charge in [-0.25, -0.2) is 0 Å². The van der Waals surface area contributed by atoms with Gasteiger partial charge < -0.3 is 9.47 Å². The van der Waals surface area contributed by atoms with Crippen LogP contribution in [0.3, 0.4) is 0 Å². The summed E-state index contributed by atoms with van der Waals surface area (Å²) in [6, 6.07) is 3.70. The maximum Gasteiger partial charge on any atom is 0.326 e. The maximum atomic E-state index is 11.8. The Hall–Kier alpha value is -2.08. The highest BCUT2D eigenvalue weighted by molar-refractivity contribution is 5.84. The Morgan fingerprint density at radius 2 is 1.74 bits per heavy atom. The van der Waals surface area contributed by atoms with E-state index in [4.69, 9.17) is 4.74 Å². The van der Waals surface area contributed by atoms with Crippen LogP contribution in [0.2, 0.25) is 0 Å². The highest BCUT2D eigenvalue weighted by Crippen LogP contribution is 2.38. The summed E-state index contributed by atoms with van der Waals surface area (Å²) < 4.78 is 9.43. The average molecular weight is 266 g/mol. The number of nitriles is 2. The molecule has 19 heavy (non-hydrogen) atoms. The first kappa shape index (κ1) is 16.9. The van der Waals surface area contributed by atoms with Crippen LogP contribution in [0.1, 0.15) is 33.6 Å². The van der Waals surface area contributed by atoms with E-state index in [1.54, 1.807) is 13.8 Å². The van der Waals surface area contributed by atoms with Crippen LogP contribution in [-0.2, 0) is 19.1 Å². The Morgan fingerprint density at radius 1 is 1.16 bits per heavy atom. The van der Waals surface area contributed by atoms with Gasteiger partial charge in [0.1, 0.15) is 0 Å². The highest BCUT2D eigenvalue weighted by atomic mass is 16.5. The van der Waals surface area contributed by atoms with Gasteiger partial charge >= 0.3 is 11.9 Å². The fourth-order valence-corrected chi connectivity index (χ4v) is 1.75. The molecule has 0 aromatic carbocycles. The van der Waals surface area contributed by atoms with Crippen molar-refractivity contribution in [2.75, 3.05) is 13.7 Å². The van der Waals surface area contributed by atoms with E-state index >= 15 is 0 Å². The number of carbonyl (C=O) groups excluding carboxylic acids is 2. The molecule has 0 heterocycles. The SMILES string of the molecule is CCOC(=O)C(C)(C#N)CC(C#N)(CC)C(=O)OC. The van der Waals surface area contributed by atoms with E-state index < -0.39 is 22.8 Å². The summed E-state index contributed by atoms with van der Waals surface area (Å²) in [6.45, 7) is 4.73. The van der Waals surface area contributed by atoms with Crippen LogP contribution in [0, 0.1) is 33.5 Å². The molecule has 6 heteroatoms. The Kier molecular flexibility index (Phi) is 6.01. The van der Waals surface area contributed by atoms with Crippen molar-refractivity contribution in [1.82, 2.24) is 0 Å². The van der Waals surface area contributed by atoms with Crippen molar-refractivity contribution in [1.29, 1.82) is 10.5 Å². The lowest BCUT2D eigenvalue weighted by molar-refractivity contribution is -0.157. The van der Waals surface area contributed by atoms with Gasteiger partial charge in [-0.3, -0.25) is 9.59 Å². The van der Waals surface area contributed by atoms with E-state index in [1.807, 2.05) is 12.1 Å². The minimum absolute atomic E-state index is 0.125. The number of esters is 2. The molecule has 2 unspecified atom stereocenters. The van der Waals surface area contributed by atoms with Gasteiger partial charge in [0.25, 0.3) is 0 Å². The van der Waals surface area contributed by atoms with Gasteiger partial charge in [0, 0.05) is 6.42 Å². The third-order valence-electron chi connectivity index (χ3n) is 3.02. The molecule has 0 aromatic heterocycles. The van der Waals surface area contributed by atoms with Crippen LogP contribution < -0.4 is 0 Å². The minimum Gasteiger partial charge on any atom is -0.468 e. The van der Waals surface area contributed by atoms with Crippen molar-refractivity contribution in [3.05, 3.63) is 0 Å². The van der Waals surface area contributed by atoms with E-state index in [0.29, 0.717) is 0 Å². The lowest BCUT2D eigenvalue weighted by Gasteiger charge is -2.29. The second-order valence-electron chi connectivity index (χ2n) is 4.38. The molecule has 0 radical (unpaired) electrons. The van der Waals surface area contributed by atoms with Crippen LogP contribution in [0.4, 0.5) is 0 Å². The van der Waals surface area contributed by atoms with Gasteiger partial charge in [0.2, 0.25) is 0 Å². The third kappa shape index (κ3) is 3.45. The van der Waals surface area contributed by atoms with Crippen molar-refractivity contribution in [2.24, 2.45) is 10.8 Å². The van der Waals surface area contributed by atoms with Crippen molar-refractivity contribution in [3.8, 4) is 12.1 Å². The maximum absolute atomic E-state index is 11.8. The highest BCUT2D eigenvalue weighted by Gasteiger charge is 2.49. The largest absolute Gasteiger partial charge is 0.468 e. The fraction of sp³-hybridized carbons (Fsp3) is 0.692. The molecule has 0 aromatic rings. The molecule has 0 rings (SSSR count). The van der Waals surface area contributed by atoms with Gasteiger partial charge in [-0.2, -0.15) is 10.5 Å². The normalized spacial score (nSPS) is 16.1. The second kappa shape index (κ2) is 6.75. The zero-order valence-corrected chi connectivity index (χ0v) is 11.6. The predicted molar refractivity (Wildman–Crippen MR) is 65.3 cm³/mol. The second-order valence-corrected chi connectivity index (χ2v) is 4.38. The Balaban J connectivity index is 5.45. The van der Waals surface area contributed by atoms with Gasteiger partial charge in [0.05, 0.1) is 25.9 Å². The number of rotatable bonds is 6. The Labute approximate surface area is 112 Å². The summed E-state index contributed by atoms with van der Waals surface area (Å²) in [5, 5.41) is 18.4. The van der Waals surface area contributed by atoms with Crippen LogP contribution >= 0.6 is 0 Å². The van der Waals surface area contributed by atoms with Crippen molar-refractivity contribution in [2.45, 2.75) is 33.6 Å². The molecule has 0 amide bonds. The smallest absolute Gasteiger partial charge is 0.326 e. The predicted octanol–water partition coefficient (Wildman–Crippen LogP) is 1.56. The molecule has 0 N–H and O–H groups in total. The summed E-state index contributed by atoms with van der Waals surface area (Å²) >= 11 is 0. The van der Waals surface area contributed by atoms with Crippen molar-refractivity contribution in [3.63, 3.8) is 0 Å². The summed E-state index contributed by atoms with van der Waals surface area (Å²) in [5.41, 5.74) is -3.08. The zero-order chi connectivity index (χ0) is 15.1.